The summed E-state index contributed by atoms with van der Waals surface area (Å²) in [5.41, 5.74) is 9.96. The highest BCUT2D eigenvalue weighted by atomic mass is 35.5. The Kier molecular flexibility index (Phi) is 5.73. The highest BCUT2D eigenvalue weighted by molar-refractivity contribution is 6.34. The molecule has 32 heavy (non-hydrogen) atoms. The van der Waals surface area contributed by atoms with Crippen LogP contribution in [0.5, 0.6) is 0 Å². The molecule has 170 valence electrons. The lowest BCUT2D eigenvalue weighted by Gasteiger charge is -2.41. The number of ether oxygens (including phenoxy) is 1. The van der Waals surface area contributed by atoms with Crippen molar-refractivity contribution in [3.05, 3.63) is 28.1 Å². The summed E-state index contributed by atoms with van der Waals surface area (Å²) >= 11 is 13.3. The van der Waals surface area contributed by atoms with Crippen molar-refractivity contribution in [2.24, 2.45) is 11.1 Å². The number of aromatic amines is 1. The maximum absolute atomic E-state index is 6.63. The highest BCUT2D eigenvalue weighted by Gasteiger charge is 2.47. The van der Waals surface area contributed by atoms with Gasteiger partial charge in [0.15, 0.2) is 11.0 Å². The molecule has 2 fully saturated rings. The van der Waals surface area contributed by atoms with Crippen LogP contribution < -0.4 is 10.6 Å². The van der Waals surface area contributed by atoms with Crippen LogP contribution in [0, 0.1) is 5.41 Å². The number of aryl methyl sites for hydroxylation is 1. The molecule has 3 N–H and O–H groups in total. The third-order valence-corrected chi connectivity index (χ3v) is 7.63. The van der Waals surface area contributed by atoms with E-state index in [0.29, 0.717) is 32.9 Å². The normalized spacial score (nSPS) is 22.8. The lowest BCUT2D eigenvalue weighted by molar-refractivity contribution is 0.0974. The molecule has 0 aromatic carbocycles. The van der Waals surface area contributed by atoms with Crippen LogP contribution in [-0.4, -0.2) is 57.0 Å². The second-order valence-corrected chi connectivity index (χ2v) is 9.61. The van der Waals surface area contributed by atoms with Gasteiger partial charge in [-0.05, 0) is 32.3 Å². The van der Waals surface area contributed by atoms with Crippen LogP contribution in [-0.2, 0) is 11.2 Å². The van der Waals surface area contributed by atoms with Gasteiger partial charge < -0.3 is 15.4 Å². The number of anilines is 1. The maximum Gasteiger partial charge on any atom is 0.202 e. The number of aromatic nitrogens is 5. The topological polar surface area (TPSA) is 106 Å². The van der Waals surface area contributed by atoms with E-state index in [0.717, 1.165) is 56.6 Å². The number of fused-ring (bicyclic) bond motifs is 1. The smallest absolute Gasteiger partial charge is 0.202 e. The molecule has 0 unspecified atom stereocenters. The van der Waals surface area contributed by atoms with Crippen LogP contribution in [0.1, 0.15) is 38.8 Å². The zero-order valence-corrected chi connectivity index (χ0v) is 19.7. The number of pyridine rings is 1. The van der Waals surface area contributed by atoms with E-state index in [1.54, 1.807) is 6.20 Å². The summed E-state index contributed by atoms with van der Waals surface area (Å²) in [6.07, 6.45) is 5.49. The summed E-state index contributed by atoms with van der Waals surface area (Å²) in [7, 11) is 0. The van der Waals surface area contributed by atoms with Crippen molar-refractivity contribution in [3.63, 3.8) is 0 Å². The molecule has 0 saturated carbocycles. The number of piperidine rings is 1. The van der Waals surface area contributed by atoms with E-state index < -0.39 is 0 Å². The Morgan fingerprint density at radius 2 is 2.06 bits per heavy atom. The predicted octanol–water partition coefficient (Wildman–Crippen LogP) is 4.01. The van der Waals surface area contributed by atoms with E-state index in [4.69, 9.17) is 38.7 Å². The van der Waals surface area contributed by atoms with Gasteiger partial charge in [0.2, 0.25) is 5.65 Å². The monoisotopic (exact) mass is 475 g/mol. The molecule has 2 aliphatic rings. The molecule has 8 nitrogen and oxygen atoms in total. The van der Waals surface area contributed by atoms with Crippen molar-refractivity contribution >= 4 is 40.2 Å². The summed E-state index contributed by atoms with van der Waals surface area (Å²) in [6, 6.07) is 1.92. The van der Waals surface area contributed by atoms with Crippen LogP contribution in [0.4, 0.5) is 5.82 Å². The van der Waals surface area contributed by atoms with Crippen molar-refractivity contribution in [2.75, 3.05) is 24.6 Å². The molecule has 5 heterocycles. The van der Waals surface area contributed by atoms with Gasteiger partial charge in [0.1, 0.15) is 5.52 Å². The van der Waals surface area contributed by atoms with Gasteiger partial charge in [0, 0.05) is 36.3 Å². The minimum absolute atomic E-state index is 0.0354. The van der Waals surface area contributed by atoms with E-state index >= 15 is 0 Å². The zero-order chi connectivity index (χ0) is 22.5. The quantitative estimate of drug-likeness (QED) is 0.586. The minimum atomic E-state index is 0.0354. The molecule has 5 rings (SSSR count). The molecule has 0 radical (unpaired) electrons. The second-order valence-electron chi connectivity index (χ2n) is 8.87. The number of hydrogen-bond donors (Lipinski definition) is 2. The highest BCUT2D eigenvalue weighted by Crippen LogP contribution is 2.43. The van der Waals surface area contributed by atoms with Gasteiger partial charge in [-0.1, -0.05) is 36.5 Å². The van der Waals surface area contributed by atoms with Crippen LogP contribution in [0.2, 0.25) is 10.2 Å². The van der Waals surface area contributed by atoms with Crippen LogP contribution in [0.25, 0.3) is 22.4 Å². The fourth-order valence-corrected chi connectivity index (χ4v) is 5.47. The van der Waals surface area contributed by atoms with Crippen LogP contribution in [0.15, 0.2) is 12.3 Å². The maximum atomic E-state index is 6.63. The summed E-state index contributed by atoms with van der Waals surface area (Å²) in [4.78, 5) is 16.0. The Balaban J connectivity index is 1.44. The zero-order valence-electron chi connectivity index (χ0n) is 18.2. The van der Waals surface area contributed by atoms with Gasteiger partial charge in [0.25, 0.3) is 0 Å². The summed E-state index contributed by atoms with van der Waals surface area (Å²) in [5.74, 6) is 0.653. The molecule has 1 spiro atoms. The molecular weight excluding hydrogens is 449 g/mol. The van der Waals surface area contributed by atoms with E-state index in [1.165, 1.54) is 0 Å². The Morgan fingerprint density at radius 1 is 1.28 bits per heavy atom. The molecule has 2 saturated heterocycles. The summed E-state index contributed by atoms with van der Waals surface area (Å²) in [5, 5.41) is 8.41. The first-order valence-electron chi connectivity index (χ1n) is 11.1. The SMILES string of the molecule is CCCc1nccc(-c2[nH]nc3nc(N4CCC5(CC4)CO[C@@H](C)[C@H]5N)c(Cl)nc23)c1Cl. The van der Waals surface area contributed by atoms with Crippen molar-refractivity contribution in [2.45, 2.75) is 51.7 Å². The lowest BCUT2D eigenvalue weighted by atomic mass is 9.73. The first-order valence-corrected chi connectivity index (χ1v) is 11.9. The number of nitrogens with one attached hydrogen (secondary N) is 1. The van der Waals surface area contributed by atoms with E-state index in [9.17, 15) is 0 Å². The molecule has 0 amide bonds. The standard InChI is InChI=1S/C22H27Cl2N7O/c1-3-4-14-15(23)13(5-8-26-14)16-17-20(30-29-16)28-21(19(24)27-17)31-9-6-22(7-10-31)11-32-12(2)18(22)25/h5,8,12,18H,3-4,6-7,9-11,25H2,1-2H3,(H,28,29,30)/t12-,18+/m0/s1. The van der Waals surface area contributed by atoms with Crippen molar-refractivity contribution in [3.8, 4) is 11.3 Å². The molecule has 10 heteroatoms. The van der Waals surface area contributed by atoms with Gasteiger partial charge in [0.05, 0.1) is 29.1 Å². The molecule has 0 aliphatic carbocycles. The van der Waals surface area contributed by atoms with E-state index in [-0.39, 0.29) is 17.6 Å². The van der Waals surface area contributed by atoms with Gasteiger partial charge >= 0.3 is 0 Å². The average molecular weight is 476 g/mol. The number of hydrogen-bond acceptors (Lipinski definition) is 7. The fraction of sp³-hybridized carbons (Fsp3) is 0.545. The Morgan fingerprint density at radius 3 is 2.75 bits per heavy atom. The fourth-order valence-electron chi connectivity index (χ4n) is 4.92. The van der Waals surface area contributed by atoms with Crippen molar-refractivity contribution in [1.82, 2.24) is 25.1 Å². The van der Waals surface area contributed by atoms with Crippen molar-refractivity contribution < 1.29 is 4.74 Å². The number of nitrogens with two attached hydrogens (primary N) is 1. The van der Waals surface area contributed by atoms with Crippen LogP contribution >= 0.6 is 23.2 Å². The number of nitrogens with zero attached hydrogens (tertiary/aromatic N) is 5. The second kappa shape index (κ2) is 8.41. The van der Waals surface area contributed by atoms with Gasteiger partial charge in [-0.2, -0.15) is 5.10 Å². The van der Waals surface area contributed by atoms with Gasteiger partial charge in [-0.25, -0.2) is 9.97 Å². The summed E-state index contributed by atoms with van der Waals surface area (Å²) in [6.45, 7) is 6.48. The third kappa shape index (κ3) is 3.53. The Hall–Kier alpha value is -2.00. The molecule has 3 aromatic heterocycles. The largest absolute Gasteiger partial charge is 0.376 e. The molecule has 2 atom stereocenters. The Bertz CT molecular complexity index is 1140. The predicted molar refractivity (Wildman–Crippen MR) is 126 cm³/mol. The van der Waals surface area contributed by atoms with Crippen molar-refractivity contribution in [1.29, 1.82) is 0 Å². The minimum Gasteiger partial charge on any atom is -0.376 e. The third-order valence-electron chi connectivity index (χ3n) is 6.95. The van der Waals surface area contributed by atoms with E-state index in [1.807, 2.05) is 6.07 Å². The number of rotatable bonds is 4. The molecule has 0 bridgehead atoms. The van der Waals surface area contributed by atoms with Gasteiger partial charge in [-0.15, -0.1) is 0 Å². The van der Waals surface area contributed by atoms with Gasteiger partial charge in [-0.3, -0.25) is 10.1 Å². The number of halogens is 2. The first kappa shape index (κ1) is 21.8. The van der Waals surface area contributed by atoms with E-state index in [2.05, 4.69) is 38.9 Å². The lowest BCUT2D eigenvalue weighted by Crippen LogP contribution is -2.50. The number of H-pyrrole nitrogens is 1. The molecular formula is C22H27Cl2N7O. The first-order chi connectivity index (χ1) is 15.4. The molecule has 3 aromatic rings. The summed E-state index contributed by atoms with van der Waals surface area (Å²) < 4.78 is 5.83. The Labute approximate surface area is 196 Å². The van der Waals surface area contributed by atoms with Crippen LogP contribution in [0.3, 0.4) is 0 Å². The average Bonchev–Trinajstić information content (AvgIpc) is 3.32. The molecule has 2 aliphatic heterocycles.